The summed E-state index contributed by atoms with van der Waals surface area (Å²) in [6.45, 7) is 9.97. The molecule has 0 aliphatic rings. The largest absolute Gasteiger partial charge is 0.444 e. The van der Waals surface area contributed by atoms with Crippen LogP contribution in [0.25, 0.3) is 0 Å². The molecule has 8 nitrogen and oxygen atoms in total. The standard InChI is InChI=1S/C26H32N4O4/c1-17-11-12-18(2)20(15-17)23(24(32)29-21-10-8-7-9-19(21)3)30(14-13-27)22(31)16-28-25(33)34-26(4,5)6/h7-12,15,23H,14,16H2,1-6H3,(H,28,33)(H,29,32). The number of alkyl carbamates (subject to hydrolysis) is 1. The molecule has 0 aliphatic carbocycles. The quantitative estimate of drug-likeness (QED) is 0.598. The van der Waals surface area contributed by atoms with Crippen LogP contribution in [-0.4, -0.2) is 41.5 Å². The zero-order valence-electron chi connectivity index (χ0n) is 20.6. The fourth-order valence-corrected chi connectivity index (χ4v) is 3.38. The maximum atomic E-state index is 13.5. The number of nitriles is 1. The van der Waals surface area contributed by atoms with Crippen LogP contribution in [0.5, 0.6) is 0 Å². The first-order valence-corrected chi connectivity index (χ1v) is 11.0. The minimum atomic E-state index is -1.08. The number of amides is 3. The number of nitrogens with one attached hydrogen (secondary N) is 2. The van der Waals surface area contributed by atoms with Gasteiger partial charge in [-0.05, 0) is 64.3 Å². The van der Waals surface area contributed by atoms with E-state index in [1.807, 2.05) is 57.2 Å². The first-order valence-electron chi connectivity index (χ1n) is 11.0. The third-order valence-electron chi connectivity index (χ3n) is 5.04. The Balaban J connectivity index is 2.41. The Hall–Kier alpha value is -3.86. The summed E-state index contributed by atoms with van der Waals surface area (Å²) in [5.41, 5.74) is 3.05. The van der Waals surface area contributed by atoms with E-state index in [-0.39, 0.29) is 6.54 Å². The molecular weight excluding hydrogens is 432 g/mol. The van der Waals surface area contributed by atoms with Crippen molar-refractivity contribution >= 4 is 23.6 Å². The number of carbonyl (C=O) groups is 3. The SMILES string of the molecule is Cc1ccc(C)c(C(C(=O)Nc2ccccc2C)N(CC#N)C(=O)CNC(=O)OC(C)(C)C)c1. The molecule has 0 radical (unpaired) electrons. The van der Waals surface area contributed by atoms with E-state index in [4.69, 9.17) is 4.74 Å². The highest BCUT2D eigenvalue weighted by Gasteiger charge is 2.33. The van der Waals surface area contributed by atoms with E-state index in [0.29, 0.717) is 11.3 Å². The second kappa shape index (κ2) is 11.3. The second-order valence-electron chi connectivity index (χ2n) is 9.10. The number of rotatable bonds is 7. The Morgan fingerprint density at radius 1 is 1.06 bits per heavy atom. The van der Waals surface area contributed by atoms with Crippen LogP contribution in [0.4, 0.5) is 10.5 Å². The summed E-state index contributed by atoms with van der Waals surface area (Å²) in [4.78, 5) is 39.9. The molecule has 0 spiro atoms. The third kappa shape index (κ3) is 7.34. The van der Waals surface area contributed by atoms with Gasteiger partial charge in [0.25, 0.3) is 5.91 Å². The van der Waals surface area contributed by atoms with E-state index >= 15 is 0 Å². The monoisotopic (exact) mass is 464 g/mol. The molecule has 3 amide bonds. The number of ether oxygens (including phenoxy) is 1. The van der Waals surface area contributed by atoms with Crippen LogP contribution in [0.2, 0.25) is 0 Å². The molecule has 34 heavy (non-hydrogen) atoms. The van der Waals surface area contributed by atoms with Crippen molar-refractivity contribution in [1.82, 2.24) is 10.2 Å². The summed E-state index contributed by atoms with van der Waals surface area (Å²) in [5, 5.41) is 14.8. The van der Waals surface area contributed by atoms with Crippen molar-refractivity contribution in [2.45, 2.75) is 53.2 Å². The van der Waals surface area contributed by atoms with Crippen molar-refractivity contribution < 1.29 is 19.1 Å². The molecule has 2 N–H and O–H groups in total. The van der Waals surface area contributed by atoms with Crippen LogP contribution < -0.4 is 10.6 Å². The predicted molar refractivity (Wildman–Crippen MR) is 130 cm³/mol. The first-order chi connectivity index (χ1) is 15.9. The van der Waals surface area contributed by atoms with Crippen LogP contribution >= 0.6 is 0 Å². The molecule has 0 bridgehead atoms. The average Bonchev–Trinajstić information content (AvgIpc) is 2.74. The Labute approximate surface area is 200 Å². The fourth-order valence-electron chi connectivity index (χ4n) is 3.38. The number of para-hydroxylation sites is 1. The lowest BCUT2D eigenvalue weighted by molar-refractivity contribution is -0.137. The molecule has 2 aromatic carbocycles. The van der Waals surface area contributed by atoms with E-state index in [1.54, 1.807) is 32.9 Å². The molecule has 180 valence electrons. The minimum Gasteiger partial charge on any atom is -0.444 e. The van der Waals surface area contributed by atoms with Gasteiger partial charge in [-0.15, -0.1) is 0 Å². The van der Waals surface area contributed by atoms with Gasteiger partial charge in [-0.1, -0.05) is 42.0 Å². The van der Waals surface area contributed by atoms with E-state index in [9.17, 15) is 19.6 Å². The summed E-state index contributed by atoms with van der Waals surface area (Å²) in [6.07, 6.45) is -0.759. The van der Waals surface area contributed by atoms with Gasteiger partial charge in [0.1, 0.15) is 24.7 Å². The van der Waals surface area contributed by atoms with Crippen LogP contribution in [-0.2, 0) is 14.3 Å². The highest BCUT2D eigenvalue weighted by Crippen LogP contribution is 2.27. The number of aryl methyl sites for hydroxylation is 3. The van der Waals surface area contributed by atoms with Gasteiger partial charge in [0.15, 0.2) is 0 Å². The van der Waals surface area contributed by atoms with E-state index in [2.05, 4.69) is 10.6 Å². The summed E-state index contributed by atoms with van der Waals surface area (Å²) < 4.78 is 5.18. The zero-order chi connectivity index (χ0) is 25.5. The normalized spacial score (nSPS) is 11.7. The number of nitrogens with zero attached hydrogens (tertiary/aromatic N) is 2. The number of hydrogen-bond donors (Lipinski definition) is 2. The van der Waals surface area contributed by atoms with Gasteiger partial charge in [-0.2, -0.15) is 5.26 Å². The molecule has 1 atom stereocenters. The molecular formula is C26H32N4O4. The topological polar surface area (TPSA) is 112 Å². The number of hydrogen-bond acceptors (Lipinski definition) is 5. The molecule has 0 fully saturated rings. The number of anilines is 1. The van der Waals surface area contributed by atoms with Gasteiger partial charge >= 0.3 is 6.09 Å². The third-order valence-corrected chi connectivity index (χ3v) is 5.04. The smallest absolute Gasteiger partial charge is 0.408 e. The van der Waals surface area contributed by atoms with Gasteiger partial charge in [0.2, 0.25) is 5.91 Å². The van der Waals surface area contributed by atoms with Gasteiger partial charge in [-0.3, -0.25) is 9.59 Å². The maximum Gasteiger partial charge on any atom is 0.408 e. The van der Waals surface area contributed by atoms with Crippen molar-refractivity contribution in [1.29, 1.82) is 5.26 Å². The number of carbonyl (C=O) groups excluding carboxylic acids is 3. The van der Waals surface area contributed by atoms with Gasteiger partial charge in [0, 0.05) is 5.69 Å². The van der Waals surface area contributed by atoms with Crippen LogP contribution in [0.3, 0.4) is 0 Å². The van der Waals surface area contributed by atoms with Crippen molar-refractivity contribution in [2.75, 3.05) is 18.4 Å². The lowest BCUT2D eigenvalue weighted by atomic mass is 9.96. The van der Waals surface area contributed by atoms with E-state index < -0.39 is 36.1 Å². The van der Waals surface area contributed by atoms with Crippen molar-refractivity contribution in [2.24, 2.45) is 0 Å². The van der Waals surface area contributed by atoms with Crippen molar-refractivity contribution in [3.8, 4) is 6.07 Å². The average molecular weight is 465 g/mol. The van der Waals surface area contributed by atoms with Crippen LogP contribution in [0, 0.1) is 32.1 Å². The summed E-state index contributed by atoms with van der Waals surface area (Å²) >= 11 is 0. The summed E-state index contributed by atoms with van der Waals surface area (Å²) in [7, 11) is 0. The van der Waals surface area contributed by atoms with Crippen molar-refractivity contribution in [3.63, 3.8) is 0 Å². The fraction of sp³-hybridized carbons (Fsp3) is 0.385. The molecule has 0 heterocycles. The molecule has 8 heteroatoms. The molecule has 0 aliphatic heterocycles. The van der Waals surface area contributed by atoms with Crippen LogP contribution in [0.15, 0.2) is 42.5 Å². The Bertz CT molecular complexity index is 1100. The lowest BCUT2D eigenvalue weighted by Crippen LogP contribution is -2.47. The van der Waals surface area contributed by atoms with E-state index in [0.717, 1.165) is 16.7 Å². The van der Waals surface area contributed by atoms with Gasteiger partial charge < -0.3 is 20.3 Å². The molecule has 1 unspecified atom stereocenters. The maximum absolute atomic E-state index is 13.5. The zero-order valence-corrected chi connectivity index (χ0v) is 20.6. The van der Waals surface area contributed by atoms with Crippen LogP contribution in [0.1, 0.15) is 49.1 Å². The second-order valence-corrected chi connectivity index (χ2v) is 9.10. The lowest BCUT2D eigenvalue weighted by Gasteiger charge is -2.31. The van der Waals surface area contributed by atoms with Gasteiger partial charge in [-0.25, -0.2) is 4.79 Å². The predicted octanol–water partition coefficient (Wildman–Crippen LogP) is 4.17. The number of benzene rings is 2. The van der Waals surface area contributed by atoms with Gasteiger partial charge in [0.05, 0.1) is 6.07 Å². The minimum absolute atomic E-state index is 0.339. The highest BCUT2D eigenvalue weighted by atomic mass is 16.6. The molecule has 2 rings (SSSR count). The molecule has 2 aromatic rings. The molecule has 0 saturated carbocycles. The highest BCUT2D eigenvalue weighted by molar-refractivity contribution is 5.99. The Morgan fingerprint density at radius 3 is 2.35 bits per heavy atom. The summed E-state index contributed by atoms with van der Waals surface area (Å²) in [6, 6.07) is 13.8. The Kier molecular flexibility index (Phi) is 8.79. The molecule has 0 aromatic heterocycles. The van der Waals surface area contributed by atoms with Crippen molar-refractivity contribution in [3.05, 3.63) is 64.7 Å². The molecule has 0 saturated heterocycles. The summed E-state index contributed by atoms with van der Waals surface area (Å²) in [5.74, 6) is -1.04. The Morgan fingerprint density at radius 2 is 1.74 bits per heavy atom. The first kappa shape index (κ1) is 26.4. The van der Waals surface area contributed by atoms with E-state index in [1.165, 1.54) is 4.90 Å².